The van der Waals surface area contributed by atoms with Crippen molar-refractivity contribution in [1.82, 2.24) is 29.8 Å². The Bertz CT molecular complexity index is 828. The average molecular weight is 312 g/mol. The molecule has 0 aliphatic heterocycles. The van der Waals surface area contributed by atoms with Crippen LogP contribution < -0.4 is 0 Å². The van der Waals surface area contributed by atoms with Gasteiger partial charge in [0.05, 0.1) is 11.3 Å². The Morgan fingerprint density at radius 2 is 1.77 bits per heavy atom. The SMILES string of the molecule is Cc1nn(C)cc1-c1nnc(-c2cc(C(F)(F)F)nn2C)o1. The zero-order valence-electron chi connectivity index (χ0n) is 11.9. The normalized spacial score (nSPS) is 12.1. The number of hydrogen-bond acceptors (Lipinski definition) is 5. The van der Waals surface area contributed by atoms with Gasteiger partial charge in [-0.25, -0.2) is 0 Å². The summed E-state index contributed by atoms with van der Waals surface area (Å²) >= 11 is 0. The summed E-state index contributed by atoms with van der Waals surface area (Å²) in [7, 11) is 3.12. The molecule has 0 aliphatic carbocycles. The van der Waals surface area contributed by atoms with Gasteiger partial charge in [-0.05, 0) is 6.92 Å². The molecule has 0 saturated carbocycles. The molecule has 3 heterocycles. The average Bonchev–Trinajstić information content (AvgIpc) is 3.07. The molecule has 0 saturated heterocycles. The molecule has 116 valence electrons. The van der Waals surface area contributed by atoms with E-state index in [2.05, 4.69) is 20.4 Å². The van der Waals surface area contributed by atoms with Crippen molar-refractivity contribution in [2.45, 2.75) is 13.1 Å². The van der Waals surface area contributed by atoms with Crippen molar-refractivity contribution in [3.63, 3.8) is 0 Å². The molecule has 0 unspecified atom stereocenters. The molecule has 10 heteroatoms. The van der Waals surface area contributed by atoms with E-state index in [-0.39, 0.29) is 17.5 Å². The molecule has 0 aliphatic rings. The Kier molecular flexibility index (Phi) is 3.04. The first-order chi connectivity index (χ1) is 10.3. The van der Waals surface area contributed by atoms with Gasteiger partial charge >= 0.3 is 6.18 Å². The van der Waals surface area contributed by atoms with Crippen molar-refractivity contribution >= 4 is 0 Å². The lowest BCUT2D eigenvalue weighted by atomic mass is 10.3. The van der Waals surface area contributed by atoms with Crippen LogP contribution >= 0.6 is 0 Å². The molecule has 0 fully saturated rings. The van der Waals surface area contributed by atoms with Crippen LogP contribution in [0.25, 0.3) is 23.0 Å². The van der Waals surface area contributed by atoms with Crippen molar-refractivity contribution in [2.75, 3.05) is 0 Å². The van der Waals surface area contributed by atoms with Crippen LogP contribution in [0.3, 0.4) is 0 Å². The Balaban J connectivity index is 2.01. The maximum atomic E-state index is 12.7. The second-order valence-corrected chi connectivity index (χ2v) is 4.75. The van der Waals surface area contributed by atoms with E-state index >= 15 is 0 Å². The molecule has 0 radical (unpaired) electrons. The summed E-state index contributed by atoms with van der Waals surface area (Å²) < 4.78 is 46.1. The van der Waals surface area contributed by atoms with Crippen molar-refractivity contribution in [1.29, 1.82) is 0 Å². The number of alkyl halides is 3. The Labute approximate surface area is 122 Å². The molecular formula is C12H11F3N6O. The lowest BCUT2D eigenvalue weighted by Crippen LogP contribution is -2.06. The number of nitrogens with zero attached hydrogens (tertiary/aromatic N) is 6. The summed E-state index contributed by atoms with van der Waals surface area (Å²) in [5, 5.41) is 15.2. The van der Waals surface area contributed by atoms with Gasteiger partial charge in [-0.15, -0.1) is 10.2 Å². The fraction of sp³-hybridized carbons (Fsp3) is 0.333. The van der Waals surface area contributed by atoms with Gasteiger partial charge in [0.1, 0.15) is 5.69 Å². The van der Waals surface area contributed by atoms with E-state index in [1.54, 1.807) is 24.9 Å². The summed E-state index contributed by atoms with van der Waals surface area (Å²) in [5.41, 5.74) is 0.382. The summed E-state index contributed by atoms with van der Waals surface area (Å²) in [6, 6.07) is 0.868. The van der Waals surface area contributed by atoms with E-state index in [1.807, 2.05) is 0 Å². The lowest BCUT2D eigenvalue weighted by molar-refractivity contribution is -0.141. The molecule has 3 aromatic rings. The van der Waals surface area contributed by atoms with Gasteiger partial charge in [0.2, 0.25) is 0 Å². The minimum Gasteiger partial charge on any atom is -0.414 e. The molecule has 0 N–H and O–H groups in total. The van der Waals surface area contributed by atoms with Crippen LogP contribution in [0.2, 0.25) is 0 Å². The Hall–Kier alpha value is -2.65. The molecule has 0 atom stereocenters. The van der Waals surface area contributed by atoms with Gasteiger partial charge in [0, 0.05) is 26.4 Å². The maximum absolute atomic E-state index is 12.7. The van der Waals surface area contributed by atoms with Crippen LogP contribution in [-0.4, -0.2) is 29.8 Å². The van der Waals surface area contributed by atoms with Gasteiger partial charge in [-0.3, -0.25) is 9.36 Å². The minimum absolute atomic E-state index is 0.0382. The number of hydrogen-bond donors (Lipinski definition) is 0. The highest BCUT2D eigenvalue weighted by atomic mass is 19.4. The predicted molar refractivity (Wildman–Crippen MR) is 68.4 cm³/mol. The van der Waals surface area contributed by atoms with E-state index in [9.17, 15) is 13.2 Å². The van der Waals surface area contributed by atoms with Gasteiger partial charge in [0.25, 0.3) is 11.8 Å². The third-order valence-corrected chi connectivity index (χ3v) is 3.06. The fourth-order valence-electron chi connectivity index (χ4n) is 2.05. The van der Waals surface area contributed by atoms with Crippen LogP contribution in [0.1, 0.15) is 11.4 Å². The zero-order chi connectivity index (χ0) is 16.1. The van der Waals surface area contributed by atoms with Gasteiger partial charge in [-0.1, -0.05) is 0 Å². The van der Waals surface area contributed by atoms with E-state index in [1.165, 1.54) is 7.05 Å². The van der Waals surface area contributed by atoms with Gasteiger partial charge in [0.15, 0.2) is 5.69 Å². The van der Waals surface area contributed by atoms with E-state index in [4.69, 9.17) is 4.42 Å². The van der Waals surface area contributed by atoms with Crippen LogP contribution in [0.5, 0.6) is 0 Å². The number of halogens is 3. The molecule has 3 aromatic heterocycles. The molecule has 22 heavy (non-hydrogen) atoms. The van der Waals surface area contributed by atoms with E-state index < -0.39 is 11.9 Å². The second-order valence-electron chi connectivity index (χ2n) is 4.75. The number of rotatable bonds is 2. The van der Waals surface area contributed by atoms with Crippen LogP contribution in [0.15, 0.2) is 16.7 Å². The third kappa shape index (κ3) is 2.36. The summed E-state index contributed by atoms with van der Waals surface area (Å²) in [6.07, 6.45) is -2.84. The molecular weight excluding hydrogens is 301 g/mol. The fourth-order valence-corrected chi connectivity index (χ4v) is 2.05. The maximum Gasteiger partial charge on any atom is 0.435 e. The van der Waals surface area contributed by atoms with Gasteiger partial charge in [-0.2, -0.15) is 23.4 Å². The molecule has 3 rings (SSSR count). The zero-order valence-corrected chi connectivity index (χ0v) is 11.9. The highest BCUT2D eigenvalue weighted by molar-refractivity contribution is 5.57. The summed E-state index contributed by atoms with van der Waals surface area (Å²) in [4.78, 5) is 0. The molecule has 0 amide bonds. The van der Waals surface area contributed by atoms with Crippen LogP contribution in [0, 0.1) is 6.92 Å². The second kappa shape index (κ2) is 4.68. The first-order valence-corrected chi connectivity index (χ1v) is 6.21. The first-order valence-electron chi connectivity index (χ1n) is 6.21. The van der Waals surface area contributed by atoms with E-state index in [0.717, 1.165) is 10.7 Å². The largest absolute Gasteiger partial charge is 0.435 e. The predicted octanol–water partition coefficient (Wildman–Crippen LogP) is 2.20. The quantitative estimate of drug-likeness (QED) is 0.725. The van der Waals surface area contributed by atoms with Crippen molar-refractivity contribution in [2.24, 2.45) is 14.1 Å². The van der Waals surface area contributed by atoms with Crippen molar-refractivity contribution in [3.05, 3.63) is 23.7 Å². The Morgan fingerprint density at radius 3 is 2.32 bits per heavy atom. The van der Waals surface area contributed by atoms with Crippen molar-refractivity contribution in [3.8, 4) is 23.0 Å². The summed E-state index contributed by atoms with van der Waals surface area (Å²) in [6.45, 7) is 1.77. The molecule has 0 spiro atoms. The lowest BCUT2D eigenvalue weighted by Gasteiger charge is -1.98. The summed E-state index contributed by atoms with van der Waals surface area (Å²) in [5.74, 6) is 0.152. The molecule has 0 bridgehead atoms. The minimum atomic E-state index is -4.53. The number of aryl methyl sites for hydroxylation is 3. The number of aromatic nitrogens is 6. The van der Waals surface area contributed by atoms with Crippen molar-refractivity contribution < 1.29 is 17.6 Å². The topological polar surface area (TPSA) is 74.6 Å². The highest BCUT2D eigenvalue weighted by Gasteiger charge is 2.35. The molecule has 7 nitrogen and oxygen atoms in total. The van der Waals surface area contributed by atoms with Gasteiger partial charge < -0.3 is 4.42 Å². The monoisotopic (exact) mass is 312 g/mol. The third-order valence-electron chi connectivity index (χ3n) is 3.06. The first kappa shape index (κ1) is 14.3. The van der Waals surface area contributed by atoms with E-state index in [0.29, 0.717) is 11.3 Å². The highest BCUT2D eigenvalue weighted by Crippen LogP contribution is 2.32. The Morgan fingerprint density at radius 1 is 1.09 bits per heavy atom. The van der Waals surface area contributed by atoms with Crippen LogP contribution in [-0.2, 0) is 20.3 Å². The molecule has 0 aromatic carbocycles. The standard InChI is InChI=1S/C12H11F3N6O/c1-6-7(5-20(2)18-6)10-16-17-11(22-10)8-4-9(12(13,14)15)19-21(8)3/h4-5H,1-3H3. The van der Waals surface area contributed by atoms with Crippen LogP contribution in [0.4, 0.5) is 13.2 Å². The smallest absolute Gasteiger partial charge is 0.414 e.